The van der Waals surface area contributed by atoms with Crippen LogP contribution in [0.5, 0.6) is 17.2 Å². The SMILES string of the molecule is Cc1cc(Nc2ncnc3ccc4c(c23)OC[C@@H]2CNCCN42)ccc1Oc1ccc2c(c1)ncn2C. The average molecular weight is 494 g/mol. The third-order valence-electron chi connectivity index (χ3n) is 7.18. The second kappa shape index (κ2) is 8.63. The molecule has 0 amide bonds. The van der Waals surface area contributed by atoms with E-state index in [1.807, 2.05) is 48.9 Å². The quantitative estimate of drug-likeness (QED) is 0.378. The fourth-order valence-electron chi connectivity index (χ4n) is 5.27. The summed E-state index contributed by atoms with van der Waals surface area (Å²) >= 11 is 0. The van der Waals surface area contributed by atoms with Crippen molar-refractivity contribution in [2.75, 3.05) is 36.5 Å². The van der Waals surface area contributed by atoms with Crippen molar-refractivity contribution in [1.29, 1.82) is 0 Å². The number of piperazine rings is 1. The lowest BCUT2D eigenvalue weighted by Gasteiger charge is -2.42. The molecular weight excluding hydrogens is 466 g/mol. The van der Waals surface area contributed by atoms with Crippen LogP contribution >= 0.6 is 0 Å². The van der Waals surface area contributed by atoms with E-state index in [1.54, 1.807) is 12.7 Å². The molecule has 0 spiro atoms. The fraction of sp³-hybridized carbons (Fsp3) is 0.250. The zero-order valence-corrected chi connectivity index (χ0v) is 20.7. The van der Waals surface area contributed by atoms with E-state index in [0.717, 1.165) is 81.6 Å². The molecule has 0 unspecified atom stereocenters. The van der Waals surface area contributed by atoms with Gasteiger partial charge in [-0.1, -0.05) is 0 Å². The molecule has 5 aromatic rings. The van der Waals surface area contributed by atoms with Gasteiger partial charge in [0.2, 0.25) is 0 Å². The van der Waals surface area contributed by atoms with Crippen molar-refractivity contribution in [3.05, 3.63) is 66.7 Å². The molecule has 7 rings (SSSR count). The molecular formula is C28H27N7O2. The number of ether oxygens (including phenoxy) is 2. The van der Waals surface area contributed by atoms with Gasteiger partial charge < -0.3 is 29.6 Å². The first kappa shape index (κ1) is 21.9. The van der Waals surface area contributed by atoms with Crippen LogP contribution in [-0.2, 0) is 7.05 Å². The fourth-order valence-corrected chi connectivity index (χ4v) is 5.27. The van der Waals surface area contributed by atoms with E-state index in [4.69, 9.17) is 9.47 Å². The zero-order valence-electron chi connectivity index (χ0n) is 20.7. The molecule has 0 saturated carbocycles. The topological polar surface area (TPSA) is 89.4 Å². The predicted octanol–water partition coefficient (Wildman–Crippen LogP) is 4.53. The van der Waals surface area contributed by atoms with Gasteiger partial charge in [-0.05, 0) is 55.0 Å². The molecule has 0 radical (unpaired) electrons. The summed E-state index contributed by atoms with van der Waals surface area (Å²) in [5.74, 6) is 3.12. The number of fused-ring (bicyclic) bond motifs is 6. The first-order valence-electron chi connectivity index (χ1n) is 12.5. The van der Waals surface area contributed by atoms with Gasteiger partial charge in [0, 0.05) is 38.4 Å². The molecule has 1 saturated heterocycles. The Balaban J connectivity index is 1.19. The number of imidazole rings is 1. The molecule has 2 aromatic heterocycles. The number of benzene rings is 3. The van der Waals surface area contributed by atoms with Gasteiger partial charge in [0.05, 0.1) is 40.0 Å². The normalized spacial score (nSPS) is 16.8. The van der Waals surface area contributed by atoms with E-state index < -0.39 is 0 Å². The first-order valence-corrected chi connectivity index (χ1v) is 12.5. The highest BCUT2D eigenvalue weighted by Crippen LogP contribution is 2.43. The van der Waals surface area contributed by atoms with E-state index in [2.05, 4.69) is 48.7 Å². The number of rotatable bonds is 4. The molecule has 2 aliphatic rings. The third kappa shape index (κ3) is 3.79. The smallest absolute Gasteiger partial charge is 0.155 e. The minimum Gasteiger partial charge on any atom is -0.488 e. The minimum absolute atomic E-state index is 0.341. The number of nitrogens with one attached hydrogen (secondary N) is 2. The van der Waals surface area contributed by atoms with Crippen LogP contribution in [-0.4, -0.2) is 51.8 Å². The van der Waals surface area contributed by atoms with Crippen LogP contribution < -0.4 is 25.0 Å². The second-order valence-corrected chi connectivity index (χ2v) is 9.61. The monoisotopic (exact) mass is 493 g/mol. The predicted molar refractivity (Wildman–Crippen MR) is 144 cm³/mol. The average Bonchev–Trinajstić information content (AvgIpc) is 3.29. The maximum Gasteiger partial charge on any atom is 0.155 e. The Labute approximate surface area is 214 Å². The van der Waals surface area contributed by atoms with E-state index in [9.17, 15) is 0 Å². The standard InChI is InChI=1S/C28H27N7O2/c1-17-11-18(3-8-25(17)37-20-4-6-23-22(12-20)32-16-34(23)2)33-28-26-21(30-15-31-28)5-7-24-27(26)36-14-19-13-29-9-10-35(19)24/h3-8,11-12,15-16,19,29H,9-10,13-14H2,1-2H3,(H,30,31,33)/t19-/m0/s1. The summed E-state index contributed by atoms with van der Waals surface area (Å²) in [6.45, 7) is 5.53. The van der Waals surface area contributed by atoms with Gasteiger partial charge in [-0.25, -0.2) is 15.0 Å². The van der Waals surface area contributed by atoms with Gasteiger partial charge in [0.1, 0.15) is 30.3 Å². The van der Waals surface area contributed by atoms with Gasteiger partial charge >= 0.3 is 0 Å². The third-order valence-corrected chi connectivity index (χ3v) is 7.18. The number of nitrogens with zero attached hydrogens (tertiary/aromatic N) is 5. The summed E-state index contributed by atoms with van der Waals surface area (Å²) in [7, 11) is 1.98. The Bertz CT molecular complexity index is 1650. The largest absolute Gasteiger partial charge is 0.488 e. The number of hydrogen-bond acceptors (Lipinski definition) is 8. The lowest BCUT2D eigenvalue weighted by atomic mass is 10.1. The van der Waals surface area contributed by atoms with Gasteiger partial charge in [0.25, 0.3) is 0 Å². The van der Waals surface area contributed by atoms with Crippen molar-refractivity contribution in [2.24, 2.45) is 7.05 Å². The zero-order chi connectivity index (χ0) is 24.9. The van der Waals surface area contributed by atoms with Crippen LogP contribution in [0.1, 0.15) is 5.56 Å². The Morgan fingerprint density at radius 3 is 2.92 bits per heavy atom. The molecule has 186 valence electrons. The van der Waals surface area contributed by atoms with E-state index in [0.29, 0.717) is 12.6 Å². The molecule has 0 bridgehead atoms. The highest BCUT2D eigenvalue weighted by Gasteiger charge is 2.31. The second-order valence-electron chi connectivity index (χ2n) is 9.61. The minimum atomic E-state index is 0.341. The first-order chi connectivity index (χ1) is 18.1. The highest BCUT2D eigenvalue weighted by atomic mass is 16.5. The van der Waals surface area contributed by atoms with Gasteiger partial charge in [-0.3, -0.25) is 0 Å². The lowest BCUT2D eigenvalue weighted by Crippen LogP contribution is -2.55. The Kier molecular flexibility index (Phi) is 5.10. The lowest BCUT2D eigenvalue weighted by molar-refractivity contribution is 0.250. The Hall–Kier alpha value is -4.37. The van der Waals surface area contributed by atoms with Crippen molar-refractivity contribution in [2.45, 2.75) is 13.0 Å². The summed E-state index contributed by atoms with van der Waals surface area (Å²) in [4.78, 5) is 16.0. The Morgan fingerprint density at radius 1 is 1.05 bits per heavy atom. The molecule has 1 atom stereocenters. The molecule has 3 aromatic carbocycles. The van der Waals surface area contributed by atoms with Crippen molar-refractivity contribution in [1.82, 2.24) is 24.8 Å². The van der Waals surface area contributed by atoms with Crippen LogP contribution in [0, 0.1) is 6.92 Å². The van der Waals surface area contributed by atoms with Crippen molar-refractivity contribution < 1.29 is 9.47 Å². The number of aromatic nitrogens is 4. The van der Waals surface area contributed by atoms with E-state index >= 15 is 0 Å². The molecule has 2 aliphatic heterocycles. The van der Waals surface area contributed by atoms with Gasteiger partial charge in [-0.2, -0.15) is 0 Å². The van der Waals surface area contributed by atoms with Gasteiger partial charge in [-0.15, -0.1) is 0 Å². The number of anilines is 3. The van der Waals surface area contributed by atoms with Crippen molar-refractivity contribution in [3.63, 3.8) is 0 Å². The van der Waals surface area contributed by atoms with Crippen molar-refractivity contribution >= 4 is 39.1 Å². The molecule has 4 heterocycles. The van der Waals surface area contributed by atoms with E-state index in [1.165, 1.54) is 0 Å². The van der Waals surface area contributed by atoms with E-state index in [-0.39, 0.29) is 0 Å². The van der Waals surface area contributed by atoms with Crippen LogP contribution in [0.2, 0.25) is 0 Å². The summed E-state index contributed by atoms with van der Waals surface area (Å²) in [6.07, 6.45) is 3.40. The Morgan fingerprint density at radius 2 is 2.00 bits per heavy atom. The van der Waals surface area contributed by atoms with Gasteiger partial charge in [0.15, 0.2) is 5.75 Å². The van der Waals surface area contributed by atoms with Crippen LogP contribution in [0.25, 0.3) is 21.9 Å². The molecule has 0 aliphatic carbocycles. The van der Waals surface area contributed by atoms with Crippen LogP contribution in [0.3, 0.4) is 0 Å². The molecule has 9 nitrogen and oxygen atoms in total. The maximum absolute atomic E-state index is 6.30. The maximum atomic E-state index is 6.30. The summed E-state index contributed by atoms with van der Waals surface area (Å²) in [5, 5.41) is 7.86. The summed E-state index contributed by atoms with van der Waals surface area (Å²) in [5.41, 5.74) is 5.85. The van der Waals surface area contributed by atoms with Crippen molar-refractivity contribution in [3.8, 4) is 17.2 Å². The molecule has 9 heteroatoms. The molecule has 2 N–H and O–H groups in total. The molecule has 1 fully saturated rings. The van der Waals surface area contributed by atoms with Crippen LogP contribution in [0.15, 0.2) is 61.2 Å². The number of aryl methyl sites for hydroxylation is 2. The number of hydrogen-bond donors (Lipinski definition) is 2. The molecule has 37 heavy (non-hydrogen) atoms. The summed E-state index contributed by atoms with van der Waals surface area (Å²) in [6, 6.07) is 16.5. The van der Waals surface area contributed by atoms with Crippen LogP contribution in [0.4, 0.5) is 17.2 Å². The summed E-state index contributed by atoms with van der Waals surface area (Å²) < 4.78 is 14.5. The highest BCUT2D eigenvalue weighted by molar-refractivity contribution is 6.00.